The molecular formula is C15H18F2N2O2S. The van der Waals surface area contributed by atoms with Gasteiger partial charge >= 0.3 is 0 Å². The van der Waals surface area contributed by atoms with Gasteiger partial charge in [0.15, 0.2) is 11.6 Å². The van der Waals surface area contributed by atoms with Crippen molar-refractivity contribution in [2.75, 3.05) is 13.2 Å². The van der Waals surface area contributed by atoms with Crippen molar-refractivity contribution in [3.05, 3.63) is 45.4 Å². The van der Waals surface area contributed by atoms with Crippen LogP contribution in [0.1, 0.15) is 15.6 Å². The minimum atomic E-state index is -0.971. The zero-order valence-electron chi connectivity index (χ0n) is 12.4. The molecule has 4 nitrogen and oxygen atoms in total. The molecule has 22 heavy (non-hydrogen) atoms. The van der Waals surface area contributed by atoms with Crippen molar-refractivity contribution in [1.29, 1.82) is 0 Å². The van der Waals surface area contributed by atoms with Gasteiger partial charge in [0.25, 0.3) is 0 Å². The average molecular weight is 328 g/mol. The minimum absolute atomic E-state index is 0.00122. The summed E-state index contributed by atoms with van der Waals surface area (Å²) in [5, 5.41) is 13.9. The predicted octanol–water partition coefficient (Wildman–Crippen LogP) is 2.57. The first-order chi connectivity index (χ1) is 10.5. The van der Waals surface area contributed by atoms with Gasteiger partial charge in [0.2, 0.25) is 0 Å². The largest absolute Gasteiger partial charge is 0.491 e. The summed E-state index contributed by atoms with van der Waals surface area (Å²) >= 11 is 1.62. The van der Waals surface area contributed by atoms with Crippen LogP contribution in [0.4, 0.5) is 8.78 Å². The Kier molecular flexibility index (Phi) is 5.82. The maximum Gasteiger partial charge on any atom is 0.162 e. The monoisotopic (exact) mass is 328 g/mol. The Morgan fingerprint density at radius 3 is 2.73 bits per heavy atom. The first-order valence-corrected chi connectivity index (χ1v) is 7.67. The molecule has 1 aromatic carbocycles. The van der Waals surface area contributed by atoms with Crippen molar-refractivity contribution in [1.82, 2.24) is 10.3 Å². The number of ether oxygens (including phenoxy) is 1. The Bertz CT molecular complexity index is 634. The molecule has 120 valence electrons. The standard InChI is InChI=1S/C15H18F2N2O2S/c1-9-15(22-10(2)19-9)7-18-6-11(20)8-21-12-3-4-13(16)14(17)5-12/h3-5,11,18,20H,6-8H2,1-2H3. The fourth-order valence-electron chi connectivity index (χ4n) is 1.91. The van der Waals surface area contributed by atoms with E-state index in [1.54, 1.807) is 11.3 Å². The Morgan fingerprint density at radius 2 is 2.09 bits per heavy atom. The van der Waals surface area contributed by atoms with E-state index in [2.05, 4.69) is 10.3 Å². The third-order valence-electron chi connectivity index (χ3n) is 3.00. The molecule has 0 saturated carbocycles. The van der Waals surface area contributed by atoms with Gasteiger partial charge in [-0.1, -0.05) is 0 Å². The number of thiazole rings is 1. The molecule has 1 unspecified atom stereocenters. The van der Waals surface area contributed by atoms with Crippen molar-refractivity contribution in [3.8, 4) is 5.75 Å². The molecule has 0 spiro atoms. The highest BCUT2D eigenvalue weighted by Gasteiger charge is 2.09. The van der Waals surface area contributed by atoms with E-state index in [0.717, 1.165) is 27.7 Å². The summed E-state index contributed by atoms with van der Waals surface area (Å²) in [7, 11) is 0. The van der Waals surface area contributed by atoms with Crippen LogP contribution in [-0.2, 0) is 6.54 Å². The lowest BCUT2D eigenvalue weighted by atomic mass is 10.3. The summed E-state index contributed by atoms with van der Waals surface area (Å²) in [5.74, 6) is -1.71. The highest BCUT2D eigenvalue weighted by molar-refractivity contribution is 7.11. The van der Waals surface area contributed by atoms with Gasteiger partial charge in [0, 0.05) is 24.0 Å². The minimum Gasteiger partial charge on any atom is -0.491 e. The number of nitrogens with zero attached hydrogens (tertiary/aromatic N) is 1. The van der Waals surface area contributed by atoms with Crippen LogP contribution in [0.15, 0.2) is 18.2 Å². The number of aryl methyl sites for hydroxylation is 2. The second kappa shape index (κ2) is 7.62. The van der Waals surface area contributed by atoms with E-state index < -0.39 is 17.7 Å². The number of hydrogen-bond acceptors (Lipinski definition) is 5. The molecule has 0 aliphatic carbocycles. The third-order valence-corrected chi connectivity index (χ3v) is 4.07. The maximum atomic E-state index is 13.0. The molecule has 0 radical (unpaired) electrons. The van der Waals surface area contributed by atoms with Gasteiger partial charge in [-0.2, -0.15) is 0 Å². The summed E-state index contributed by atoms with van der Waals surface area (Å²) in [6, 6.07) is 3.27. The van der Waals surface area contributed by atoms with Crippen LogP contribution >= 0.6 is 11.3 Å². The van der Waals surface area contributed by atoms with E-state index >= 15 is 0 Å². The van der Waals surface area contributed by atoms with Gasteiger partial charge in [-0.15, -0.1) is 11.3 Å². The maximum absolute atomic E-state index is 13.0. The number of aliphatic hydroxyl groups excluding tert-OH is 1. The van der Waals surface area contributed by atoms with Gasteiger partial charge < -0.3 is 15.2 Å². The number of rotatable bonds is 7. The van der Waals surface area contributed by atoms with Gasteiger partial charge in [-0.05, 0) is 26.0 Å². The van der Waals surface area contributed by atoms with Gasteiger partial charge in [0.1, 0.15) is 18.5 Å². The van der Waals surface area contributed by atoms with Gasteiger partial charge in [0.05, 0.1) is 10.7 Å². The SMILES string of the molecule is Cc1nc(C)c(CNCC(O)COc2ccc(F)c(F)c2)s1. The second-order valence-corrected chi connectivity index (χ2v) is 6.20. The summed E-state index contributed by atoms with van der Waals surface area (Å²) < 4.78 is 31.0. The molecule has 1 heterocycles. The first-order valence-electron chi connectivity index (χ1n) is 6.85. The van der Waals surface area contributed by atoms with E-state index in [1.807, 2.05) is 13.8 Å². The van der Waals surface area contributed by atoms with E-state index in [9.17, 15) is 13.9 Å². The quantitative estimate of drug-likeness (QED) is 0.820. The summed E-state index contributed by atoms with van der Waals surface area (Å²) in [6.45, 7) is 4.85. The molecule has 0 saturated heterocycles. The lowest BCUT2D eigenvalue weighted by Crippen LogP contribution is -2.31. The smallest absolute Gasteiger partial charge is 0.162 e. The third kappa shape index (κ3) is 4.72. The topological polar surface area (TPSA) is 54.4 Å². The molecule has 0 aliphatic rings. The van der Waals surface area contributed by atoms with Crippen LogP contribution in [0.25, 0.3) is 0 Å². The zero-order chi connectivity index (χ0) is 16.1. The molecule has 0 amide bonds. The van der Waals surface area contributed by atoms with Crippen molar-refractivity contribution >= 4 is 11.3 Å². The molecule has 2 N–H and O–H groups in total. The number of benzene rings is 1. The number of nitrogens with one attached hydrogen (secondary N) is 1. The van der Waals surface area contributed by atoms with Crippen molar-refractivity contribution < 1.29 is 18.6 Å². The van der Waals surface area contributed by atoms with Crippen molar-refractivity contribution in [2.45, 2.75) is 26.5 Å². The van der Waals surface area contributed by atoms with Crippen LogP contribution < -0.4 is 10.1 Å². The molecular weight excluding hydrogens is 310 g/mol. The van der Waals surface area contributed by atoms with E-state index in [0.29, 0.717) is 13.1 Å². The molecule has 2 aromatic rings. The summed E-state index contributed by atoms with van der Waals surface area (Å²) in [5.41, 5.74) is 0.988. The molecule has 7 heteroatoms. The highest BCUT2D eigenvalue weighted by atomic mass is 32.1. The average Bonchev–Trinajstić information content (AvgIpc) is 2.78. The molecule has 2 rings (SSSR count). The predicted molar refractivity (Wildman–Crippen MR) is 81.2 cm³/mol. The normalized spacial score (nSPS) is 12.4. The Morgan fingerprint density at radius 1 is 1.32 bits per heavy atom. The van der Waals surface area contributed by atoms with Crippen LogP contribution in [0, 0.1) is 25.5 Å². The zero-order valence-corrected chi connectivity index (χ0v) is 13.2. The van der Waals surface area contributed by atoms with Crippen LogP contribution in [-0.4, -0.2) is 29.3 Å². The van der Waals surface area contributed by atoms with Crippen LogP contribution in [0.5, 0.6) is 5.75 Å². The lowest BCUT2D eigenvalue weighted by Gasteiger charge is -2.13. The second-order valence-electron chi connectivity index (χ2n) is 4.91. The van der Waals surface area contributed by atoms with E-state index in [-0.39, 0.29) is 12.4 Å². The molecule has 0 aliphatic heterocycles. The van der Waals surface area contributed by atoms with Gasteiger partial charge in [-0.25, -0.2) is 13.8 Å². The van der Waals surface area contributed by atoms with Crippen LogP contribution in [0.3, 0.4) is 0 Å². The summed E-state index contributed by atoms with van der Waals surface area (Å²) in [6.07, 6.45) is -0.748. The number of aromatic nitrogens is 1. The number of aliphatic hydroxyl groups is 1. The Hall–Kier alpha value is -1.57. The number of halogens is 2. The Labute approximate surface area is 131 Å². The van der Waals surface area contributed by atoms with Crippen LogP contribution in [0.2, 0.25) is 0 Å². The number of hydrogen-bond donors (Lipinski definition) is 2. The Balaban J connectivity index is 1.72. The molecule has 1 aromatic heterocycles. The summed E-state index contributed by atoms with van der Waals surface area (Å²) in [4.78, 5) is 5.46. The first kappa shape index (κ1) is 16.8. The fourth-order valence-corrected chi connectivity index (χ4v) is 2.81. The van der Waals surface area contributed by atoms with E-state index in [4.69, 9.17) is 4.74 Å². The molecule has 0 fully saturated rings. The molecule has 1 atom stereocenters. The highest BCUT2D eigenvalue weighted by Crippen LogP contribution is 2.17. The molecule has 0 bridgehead atoms. The van der Waals surface area contributed by atoms with Crippen molar-refractivity contribution in [2.24, 2.45) is 0 Å². The fraction of sp³-hybridized carbons (Fsp3) is 0.400. The van der Waals surface area contributed by atoms with E-state index in [1.165, 1.54) is 6.07 Å². The lowest BCUT2D eigenvalue weighted by molar-refractivity contribution is 0.106. The van der Waals surface area contributed by atoms with Gasteiger partial charge in [-0.3, -0.25) is 0 Å². The van der Waals surface area contributed by atoms with Crippen molar-refractivity contribution in [3.63, 3.8) is 0 Å².